The molecule has 100 valence electrons. The molecule has 18 heavy (non-hydrogen) atoms. The van der Waals surface area contributed by atoms with Gasteiger partial charge in [0, 0.05) is 24.2 Å². The lowest BCUT2D eigenvalue weighted by Crippen LogP contribution is -2.07. The van der Waals surface area contributed by atoms with Crippen molar-refractivity contribution >= 4 is 31.7 Å². The van der Waals surface area contributed by atoms with Gasteiger partial charge in [0.15, 0.2) is 9.84 Å². The normalized spacial score (nSPS) is 11.4. The van der Waals surface area contributed by atoms with E-state index in [0.717, 1.165) is 11.8 Å². The van der Waals surface area contributed by atoms with Crippen molar-refractivity contribution in [2.24, 2.45) is 0 Å². The zero-order valence-electron chi connectivity index (χ0n) is 9.89. The van der Waals surface area contributed by atoms with Crippen LogP contribution in [0.1, 0.15) is 24.1 Å². The SMILES string of the molecule is CS(=O)(=O)c1cc(CBr)cnc1CCCC(=O)O. The molecule has 0 saturated carbocycles. The second kappa shape index (κ2) is 6.29. The van der Waals surface area contributed by atoms with Crippen molar-refractivity contribution in [1.29, 1.82) is 0 Å². The summed E-state index contributed by atoms with van der Waals surface area (Å²) in [6.45, 7) is 0. The van der Waals surface area contributed by atoms with E-state index in [1.165, 1.54) is 0 Å². The van der Waals surface area contributed by atoms with Gasteiger partial charge in [0.25, 0.3) is 0 Å². The van der Waals surface area contributed by atoms with Crippen molar-refractivity contribution in [3.8, 4) is 0 Å². The molecule has 0 atom stereocenters. The van der Waals surface area contributed by atoms with E-state index in [1.807, 2.05) is 0 Å². The van der Waals surface area contributed by atoms with Gasteiger partial charge in [0.1, 0.15) is 0 Å². The number of pyridine rings is 1. The lowest BCUT2D eigenvalue weighted by Gasteiger charge is -2.08. The maximum absolute atomic E-state index is 11.6. The Morgan fingerprint density at radius 2 is 2.17 bits per heavy atom. The molecule has 0 bridgehead atoms. The highest BCUT2D eigenvalue weighted by Gasteiger charge is 2.15. The number of carbonyl (C=O) groups is 1. The van der Waals surface area contributed by atoms with E-state index in [4.69, 9.17) is 5.11 Å². The Balaban J connectivity index is 3.00. The van der Waals surface area contributed by atoms with Gasteiger partial charge in [-0.05, 0) is 24.5 Å². The van der Waals surface area contributed by atoms with E-state index in [2.05, 4.69) is 20.9 Å². The number of carboxylic acid groups (broad SMARTS) is 1. The molecule has 0 spiro atoms. The number of alkyl halides is 1. The highest BCUT2D eigenvalue weighted by Crippen LogP contribution is 2.18. The average Bonchev–Trinajstić information content (AvgIpc) is 2.27. The average molecular weight is 336 g/mol. The first-order chi connectivity index (χ1) is 8.34. The first-order valence-corrected chi connectivity index (χ1v) is 8.31. The first-order valence-electron chi connectivity index (χ1n) is 5.30. The zero-order valence-corrected chi connectivity index (χ0v) is 12.3. The summed E-state index contributed by atoms with van der Waals surface area (Å²) >= 11 is 3.24. The van der Waals surface area contributed by atoms with Crippen LogP contribution in [-0.2, 0) is 26.4 Å². The molecule has 1 aromatic heterocycles. The van der Waals surface area contributed by atoms with E-state index < -0.39 is 15.8 Å². The van der Waals surface area contributed by atoms with Crippen molar-refractivity contribution in [2.45, 2.75) is 29.5 Å². The number of nitrogens with zero attached hydrogens (tertiary/aromatic N) is 1. The summed E-state index contributed by atoms with van der Waals surface area (Å²) in [7, 11) is -3.35. The monoisotopic (exact) mass is 335 g/mol. The Kier molecular flexibility index (Phi) is 5.28. The maximum Gasteiger partial charge on any atom is 0.303 e. The highest BCUT2D eigenvalue weighted by atomic mass is 79.9. The molecule has 0 saturated heterocycles. The summed E-state index contributed by atoms with van der Waals surface area (Å²) in [5.74, 6) is -0.895. The van der Waals surface area contributed by atoms with Gasteiger partial charge in [-0.15, -0.1) is 0 Å². The molecular weight excluding hydrogens is 322 g/mol. The molecule has 0 amide bonds. The minimum Gasteiger partial charge on any atom is -0.481 e. The van der Waals surface area contributed by atoms with Gasteiger partial charge in [0.2, 0.25) is 0 Å². The Bertz CT molecular complexity index is 542. The van der Waals surface area contributed by atoms with Gasteiger partial charge in [-0.25, -0.2) is 8.42 Å². The van der Waals surface area contributed by atoms with Crippen molar-refractivity contribution in [3.05, 3.63) is 23.5 Å². The van der Waals surface area contributed by atoms with Gasteiger partial charge in [-0.1, -0.05) is 15.9 Å². The van der Waals surface area contributed by atoms with E-state index in [-0.39, 0.29) is 11.3 Å². The number of carboxylic acids is 1. The molecule has 0 unspecified atom stereocenters. The number of aliphatic carboxylic acids is 1. The lowest BCUT2D eigenvalue weighted by molar-refractivity contribution is -0.137. The summed E-state index contributed by atoms with van der Waals surface area (Å²) < 4.78 is 23.3. The third-order valence-electron chi connectivity index (χ3n) is 2.35. The summed E-state index contributed by atoms with van der Waals surface area (Å²) in [6.07, 6.45) is 3.45. The van der Waals surface area contributed by atoms with Crippen molar-refractivity contribution in [3.63, 3.8) is 0 Å². The van der Waals surface area contributed by atoms with E-state index in [0.29, 0.717) is 23.9 Å². The quantitative estimate of drug-likeness (QED) is 0.801. The summed E-state index contributed by atoms with van der Waals surface area (Å²) in [6, 6.07) is 1.58. The maximum atomic E-state index is 11.6. The Morgan fingerprint density at radius 3 is 2.67 bits per heavy atom. The number of halogens is 1. The topological polar surface area (TPSA) is 84.3 Å². The molecule has 0 aromatic carbocycles. The minimum atomic E-state index is -3.35. The van der Waals surface area contributed by atoms with Gasteiger partial charge < -0.3 is 5.11 Å². The van der Waals surface area contributed by atoms with Crippen LogP contribution < -0.4 is 0 Å². The summed E-state index contributed by atoms with van der Waals surface area (Å²) in [5, 5.41) is 9.08. The number of rotatable bonds is 6. The van der Waals surface area contributed by atoms with Gasteiger partial charge in [0.05, 0.1) is 10.6 Å². The highest BCUT2D eigenvalue weighted by molar-refractivity contribution is 9.08. The fourth-order valence-electron chi connectivity index (χ4n) is 1.50. The Hall–Kier alpha value is -0.950. The number of aromatic nitrogens is 1. The van der Waals surface area contributed by atoms with E-state index >= 15 is 0 Å². The molecule has 1 N–H and O–H groups in total. The Labute approximate surface area is 114 Å². The summed E-state index contributed by atoms with van der Waals surface area (Å²) in [5.41, 5.74) is 1.21. The lowest BCUT2D eigenvalue weighted by atomic mass is 10.1. The van der Waals surface area contributed by atoms with E-state index in [1.54, 1.807) is 12.3 Å². The van der Waals surface area contributed by atoms with Crippen LogP contribution in [0, 0.1) is 0 Å². The largest absolute Gasteiger partial charge is 0.481 e. The van der Waals surface area contributed by atoms with Crippen LogP contribution in [0.15, 0.2) is 17.2 Å². The summed E-state index contributed by atoms with van der Waals surface area (Å²) in [4.78, 5) is 14.7. The molecule has 7 heteroatoms. The van der Waals surface area contributed by atoms with Gasteiger partial charge in [-0.3, -0.25) is 9.78 Å². The molecule has 0 fully saturated rings. The van der Waals surface area contributed by atoms with Crippen LogP contribution in [-0.4, -0.2) is 30.7 Å². The van der Waals surface area contributed by atoms with Crippen molar-refractivity contribution in [1.82, 2.24) is 4.98 Å². The van der Waals surface area contributed by atoms with Crippen LogP contribution in [0.5, 0.6) is 0 Å². The molecule has 1 heterocycles. The fraction of sp³-hybridized carbons (Fsp3) is 0.455. The van der Waals surface area contributed by atoms with Crippen LogP contribution in [0.4, 0.5) is 0 Å². The molecule has 0 aliphatic heterocycles. The van der Waals surface area contributed by atoms with Crippen LogP contribution >= 0.6 is 15.9 Å². The second-order valence-corrected chi connectivity index (χ2v) is 6.49. The fourth-order valence-corrected chi connectivity index (χ4v) is 2.76. The van der Waals surface area contributed by atoms with Crippen molar-refractivity contribution in [2.75, 3.05) is 6.26 Å². The molecule has 0 radical (unpaired) electrons. The van der Waals surface area contributed by atoms with Gasteiger partial charge >= 0.3 is 5.97 Å². The first kappa shape index (κ1) is 15.1. The number of aryl methyl sites for hydroxylation is 1. The molecule has 1 aromatic rings. The number of hydrogen-bond donors (Lipinski definition) is 1. The molecular formula is C11H14BrNO4S. The van der Waals surface area contributed by atoms with Gasteiger partial charge in [-0.2, -0.15) is 0 Å². The predicted octanol–water partition coefficient (Wildman–Crippen LogP) is 1.79. The number of sulfone groups is 1. The van der Waals surface area contributed by atoms with Crippen LogP contribution in [0.3, 0.4) is 0 Å². The second-order valence-electron chi connectivity index (χ2n) is 3.94. The predicted molar refractivity (Wildman–Crippen MR) is 70.6 cm³/mol. The van der Waals surface area contributed by atoms with Crippen LogP contribution in [0.25, 0.3) is 0 Å². The molecule has 1 rings (SSSR count). The Morgan fingerprint density at radius 1 is 1.50 bits per heavy atom. The molecule has 0 aliphatic carbocycles. The van der Waals surface area contributed by atoms with E-state index in [9.17, 15) is 13.2 Å². The molecule has 5 nitrogen and oxygen atoms in total. The smallest absolute Gasteiger partial charge is 0.303 e. The minimum absolute atomic E-state index is 0.00504. The zero-order chi connectivity index (χ0) is 13.8. The third-order valence-corrected chi connectivity index (χ3v) is 4.15. The van der Waals surface area contributed by atoms with Crippen LogP contribution in [0.2, 0.25) is 0 Å². The van der Waals surface area contributed by atoms with Crippen molar-refractivity contribution < 1.29 is 18.3 Å². The number of hydrogen-bond acceptors (Lipinski definition) is 4. The third kappa shape index (κ3) is 4.38. The standard InChI is InChI=1S/C11H14BrNO4S/c1-18(16,17)10-5-8(6-12)7-13-9(10)3-2-4-11(14)15/h5,7H,2-4,6H2,1H3,(H,14,15). The molecule has 0 aliphatic rings.